The van der Waals surface area contributed by atoms with E-state index in [9.17, 15) is 5.11 Å². The average Bonchev–Trinajstić information content (AvgIpc) is 3.42. The summed E-state index contributed by atoms with van der Waals surface area (Å²) in [5.41, 5.74) is 3.21. The number of benzene rings is 3. The van der Waals surface area contributed by atoms with Gasteiger partial charge in [-0.3, -0.25) is 0 Å². The molecule has 4 rings (SSSR count). The van der Waals surface area contributed by atoms with Crippen LogP contribution >= 0.6 is 0 Å². The van der Waals surface area contributed by atoms with Crippen molar-refractivity contribution in [2.45, 2.75) is 25.1 Å². The van der Waals surface area contributed by atoms with Gasteiger partial charge in [-0.15, -0.1) is 0 Å². The van der Waals surface area contributed by atoms with E-state index in [0.29, 0.717) is 0 Å². The van der Waals surface area contributed by atoms with E-state index >= 15 is 0 Å². The van der Waals surface area contributed by atoms with Gasteiger partial charge in [-0.25, -0.2) is 0 Å². The lowest BCUT2D eigenvalue weighted by atomic mass is 9.82. The molecule has 1 aliphatic heterocycles. The second-order valence-electron chi connectivity index (χ2n) is 6.73. The van der Waals surface area contributed by atoms with Crippen LogP contribution < -0.4 is 0 Å². The van der Waals surface area contributed by atoms with E-state index < -0.39 is 5.60 Å². The zero-order valence-electron chi connectivity index (χ0n) is 14.9. The highest BCUT2D eigenvalue weighted by Gasteiger charge is 2.55. The van der Waals surface area contributed by atoms with E-state index in [-0.39, 0.29) is 6.04 Å². The predicted molar refractivity (Wildman–Crippen MR) is 105 cm³/mol. The van der Waals surface area contributed by atoms with Gasteiger partial charge in [0.1, 0.15) is 11.6 Å². The summed E-state index contributed by atoms with van der Waals surface area (Å²) < 4.78 is 0. The molecule has 1 atom stereocenters. The monoisotopic (exact) mass is 341 g/mol. The summed E-state index contributed by atoms with van der Waals surface area (Å²) in [4.78, 5) is 2.29. The van der Waals surface area contributed by atoms with Crippen LogP contribution in [0.25, 0.3) is 0 Å². The van der Waals surface area contributed by atoms with Crippen molar-refractivity contribution < 1.29 is 5.11 Å². The second kappa shape index (κ2) is 6.81. The molecule has 3 aromatic carbocycles. The zero-order chi connectivity index (χ0) is 18.0. The van der Waals surface area contributed by atoms with E-state index in [1.165, 1.54) is 11.3 Å². The van der Waals surface area contributed by atoms with Crippen molar-refractivity contribution >= 4 is 0 Å². The minimum absolute atomic E-state index is 0.0579. The highest BCUT2D eigenvalue weighted by molar-refractivity contribution is 5.47. The summed E-state index contributed by atoms with van der Waals surface area (Å²) >= 11 is 0. The van der Waals surface area contributed by atoms with Gasteiger partial charge in [0.05, 0.1) is 0 Å². The lowest BCUT2D eigenvalue weighted by molar-refractivity contribution is 0.0643. The molecule has 130 valence electrons. The summed E-state index contributed by atoms with van der Waals surface area (Å²) in [5.74, 6) is 0. The van der Waals surface area contributed by atoms with E-state index in [0.717, 1.165) is 17.7 Å². The van der Waals surface area contributed by atoms with Crippen LogP contribution in [0.15, 0.2) is 103 Å². The van der Waals surface area contributed by atoms with Crippen molar-refractivity contribution in [2.24, 2.45) is 0 Å². The number of hydrogen-bond acceptors (Lipinski definition) is 2. The average molecular weight is 341 g/mol. The van der Waals surface area contributed by atoms with E-state index in [1.54, 1.807) is 0 Å². The quantitative estimate of drug-likeness (QED) is 0.679. The van der Waals surface area contributed by atoms with Crippen LogP contribution in [-0.2, 0) is 12.1 Å². The Morgan fingerprint density at radius 3 is 1.73 bits per heavy atom. The van der Waals surface area contributed by atoms with Crippen LogP contribution in [0.3, 0.4) is 0 Å². The minimum atomic E-state index is -1.07. The standard InChI is InChI=1S/C24H23NO/c1-2-22-23(25(22)18-19-12-6-3-7-13-19)24(26,20-14-8-4-9-15-20)21-16-10-5-11-17-21/h2-17,23,26H,18H2,1H3/b22-2-. The molecule has 0 saturated carbocycles. The lowest BCUT2D eigenvalue weighted by Crippen LogP contribution is -2.35. The highest BCUT2D eigenvalue weighted by atomic mass is 16.3. The highest BCUT2D eigenvalue weighted by Crippen LogP contribution is 2.49. The fourth-order valence-corrected chi connectivity index (χ4v) is 3.84. The van der Waals surface area contributed by atoms with Crippen molar-refractivity contribution in [3.63, 3.8) is 0 Å². The van der Waals surface area contributed by atoms with Gasteiger partial charge in [-0.1, -0.05) is 97.1 Å². The Morgan fingerprint density at radius 1 is 0.808 bits per heavy atom. The van der Waals surface area contributed by atoms with Crippen molar-refractivity contribution in [3.8, 4) is 0 Å². The zero-order valence-corrected chi connectivity index (χ0v) is 14.9. The van der Waals surface area contributed by atoms with Crippen molar-refractivity contribution in [1.29, 1.82) is 0 Å². The van der Waals surface area contributed by atoms with E-state index in [1.807, 2.05) is 73.7 Å². The molecule has 0 amide bonds. The number of nitrogens with zero attached hydrogens (tertiary/aromatic N) is 1. The first-order valence-electron chi connectivity index (χ1n) is 9.05. The predicted octanol–water partition coefficient (Wildman–Crippen LogP) is 4.71. The third-order valence-corrected chi connectivity index (χ3v) is 5.17. The SMILES string of the molecule is C/C=C1/C(C(O)(c2ccccc2)c2ccccc2)N1Cc1ccccc1. The van der Waals surface area contributed by atoms with Crippen LogP contribution in [0, 0.1) is 0 Å². The topological polar surface area (TPSA) is 23.2 Å². The minimum Gasteiger partial charge on any atom is -0.378 e. The maximum absolute atomic E-state index is 12.0. The number of allylic oxidation sites excluding steroid dienone is 1. The molecule has 2 heteroatoms. The Bertz CT molecular complexity index is 848. The van der Waals surface area contributed by atoms with Crippen molar-refractivity contribution in [3.05, 3.63) is 119 Å². The van der Waals surface area contributed by atoms with E-state index in [4.69, 9.17) is 0 Å². The molecular formula is C24H23NO. The molecule has 1 N–H and O–H groups in total. The van der Waals surface area contributed by atoms with Gasteiger partial charge < -0.3 is 10.0 Å². The van der Waals surface area contributed by atoms with Gasteiger partial charge >= 0.3 is 0 Å². The number of aliphatic hydroxyl groups is 1. The Balaban J connectivity index is 1.75. The van der Waals surface area contributed by atoms with Gasteiger partial charge in [0, 0.05) is 12.2 Å². The van der Waals surface area contributed by atoms with Crippen molar-refractivity contribution in [2.75, 3.05) is 0 Å². The van der Waals surface area contributed by atoms with Crippen molar-refractivity contribution in [1.82, 2.24) is 4.90 Å². The molecular weight excluding hydrogens is 318 g/mol. The first-order valence-corrected chi connectivity index (χ1v) is 9.05. The summed E-state index contributed by atoms with van der Waals surface area (Å²) in [6.07, 6.45) is 2.12. The Kier molecular flexibility index (Phi) is 4.36. The Labute approximate surface area is 155 Å². The molecule has 0 radical (unpaired) electrons. The summed E-state index contributed by atoms with van der Waals surface area (Å²) in [6, 6.07) is 30.3. The molecule has 2 nitrogen and oxygen atoms in total. The number of rotatable bonds is 5. The lowest BCUT2D eigenvalue weighted by Gasteiger charge is -2.29. The molecule has 1 saturated heterocycles. The third kappa shape index (κ3) is 2.83. The normalized spacial score (nSPS) is 18.2. The molecule has 1 aliphatic rings. The molecule has 0 spiro atoms. The van der Waals surface area contributed by atoms with Crippen LogP contribution in [0.1, 0.15) is 23.6 Å². The van der Waals surface area contributed by atoms with Gasteiger partial charge in [-0.2, -0.15) is 0 Å². The molecule has 0 aliphatic carbocycles. The van der Waals surface area contributed by atoms with Crippen LogP contribution in [0.2, 0.25) is 0 Å². The molecule has 3 aromatic rings. The fourth-order valence-electron chi connectivity index (χ4n) is 3.84. The van der Waals surface area contributed by atoms with Crippen LogP contribution in [0.4, 0.5) is 0 Å². The second-order valence-corrected chi connectivity index (χ2v) is 6.73. The maximum Gasteiger partial charge on any atom is 0.140 e. The molecule has 1 unspecified atom stereocenters. The third-order valence-electron chi connectivity index (χ3n) is 5.17. The van der Waals surface area contributed by atoms with Gasteiger partial charge in [0.25, 0.3) is 0 Å². The largest absolute Gasteiger partial charge is 0.378 e. The first kappa shape index (κ1) is 16.6. The Hall–Kier alpha value is -2.84. The Morgan fingerprint density at radius 2 is 1.27 bits per heavy atom. The van der Waals surface area contributed by atoms with Crippen LogP contribution in [0.5, 0.6) is 0 Å². The first-order chi connectivity index (χ1) is 12.7. The summed E-state index contributed by atoms with van der Waals surface area (Å²) in [6.45, 7) is 2.84. The molecule has 1 fully saturated rings. The number of hydrogen-bond donors (Lipinski definition) is 1. The van der Waals surface area contributed by atoms with Gasteiger partial charge in [-0.05, 0) is 23.6 Å². The fraction of sp³-hybridized carbons (Fsp3) is 0.167. The molecule has 0 aromatic heterocycles. The van der Waals surface area contributed by atoms with E-state index in [2.05, 4.69) is 35.2 Å². The molecule has 1 heterocycles. The molecule has 0 bridgehead atoms. The van der Waals surface area contributed by atoms with Gasteiger partial charge in [0.15, 0.2) is 0 Å². The molecule has 26 heavy (non-hydrogen) atoms. The van der Waals surface area contributed by atoms with Gasteiger partial charge in [0.2, 0.25) is 0 Å². The van der Waals surface area contributed by atoms with Crippen LogP contribution in [-0.4, -0.2) is 16.0 Å². The maximum atomic E-state index is 12.0. The summed E-state index contributed by atoms with van der Waals surface area (Å²) in [5, 5.41) is 12.0. The summed E-state index contributed by atoms with van der Waals surface area (Å²) in [7, 11) is 0. The smallest absolute Gasteiger partial charge is 0.140 e.